The Morgan fingerprint density at radius 1 is 0.652 bits per heavy atom. The van der Waals surface area contributed by atoms with E-state index in [1.54, 1.807) is 0 Å². The van der Waals surface area contributed by atoms with Gasteiger partial charge in [0, 0.05) is 19.3 Å². The Morgan fingerprint density at radius 2 is 1.15 bits per heavy atom. The first-order valence-corrected chi connectivity index (χ1v) is 18.4. The van der Waals surface area contributed by atoms with Crippen molar-refractivity contribution in [3.05, 3.63) is 24.3 Å². The highest BCUT2D eigenvalue weighted by Gasteiger charge is 2.31. The van der Waals surface area contributed by atoms with E-state index in [1.165, 1.54) is 51.4 Å². The van der Waals surface area contributed by atoms with Crippen LogP contribution in [-0.2, 0) is 28.6 Å². The zero-order chi connectivity index (χ0) is 34.3. The second-order valence-electron chi connectivity index (χ2n) is 13.5. The van der Waals surface area contributed by atoms with Crippen LogP contribution in [0.2, 0.25) is 0 Å². The molecule has 0 aromatic carbocycles. The highest BCUT2D eigenvalue weighted by atomic mass is 16.6. The van der Waals surface area contributed by atoms with E-state index < -0.39 is 18.1 Å². The smallest absolute Gasteiger partial charge is 0.362 e. The number of aliphatic carboxylic acids is 1. The third-order valence-corrected chi connectivity index (χ3v) is 8.10. The summed E-state index contributed by atoms with van der Waals surface area (Å²) < 4.78 is 17.1. The molecule has 46 heavy (non-hydrogen) atoms. The van der Waals surface area contributed by atoms with Crippen LogP contribution >= 0.6 is 0 Å². The first-order valence-electron chi connectivity index (χ1n) is 18.4. The lowest BCUT2D eigenvalue weighted by molar-refractivity contribution is -0.887. The highest BCUT2D eigenvalue weighted by Crippen LogP contribution is 2.13. The summed E-state index contributed by atoms with van der Waals surface area (Å²) in [6.07, 6.45) is 29.6. The van der Waals surface area contributed by atoms with Crippen LogP contribution in [0.5, 0.6) is 0 Å². The predicted molar refractivity (Wildman–Crippen MR) is 188 cm³/mol. The number of carboxylic acid groups (broad SMARTS) is 1. The van der Waals surface area contributed by atoms with Gasteiger partial charge in [0.15, 0.2) is 12.1 Å². The zero-order valence-electron chi connectivity index (χ0n) is 30.3. The summed E-state index contributed by atoms with van der Waals surface area (Å²) in [4.78, 5) is 36.5. The van der Waals surface area contributed by atoms with Gasteiger partial charge in [-0.25, -0.2) is 4.79 Å². The molecular weight excluding hydrogens is 582 g/mol. The molecule has 268 valence electrons. The fourth-order valence-corrected chi connectivity index (χ4v) is 5.18. The summed E-state index contributed by atoms with van der Waals surface area (Å²) in [6, 6.07) is -0.610. The van der Waals surface area contributed by atoms with Crippen molar-refractivity contribution in [2.75, 3.05) is 41.0 Å². The number of nitrogens with zero attached hydrogens (tertiary/aromatic N) is 1. The van der Waals surface area contributed by atoms with Crippen molar-refractivity contribution in [2.24, 2.45) is 0 Å². The molecule has 0 fully saturated rings. The molecule has 0 aliphatic heterocycles. The molecule has 2 unspecified atom stereocenters. The van der Waals surface area contributed by atoms with Crippen LogP contribution in [0.3, 0.4) is 0 Å². The molecule has 2 atom stereocenters. The molecule has 1 N–H and O–H groups in total. The quantitative estimate of drug-likeness (QED) is 0.0335. The van der Waals surface area contributed by atoms with Gasteiger partial charge in [0.05, 0.1) is 34.4 Å². The first-order chi connectivity index (χ1) is 22.1. The van der Waals surface area contributed by atoms with E-state index in [1.807, 2.05) is 21.1 Å². The summed E-state index contributed by atoms with van der Waals surface area (Å²) in [7, 11) is 5.50. The van der Waals surface area contributed by atoms with Crippen LogP contribution in [0.1, 0.15) is 149 Å². The van der Waals surface area contributed by atoms with Gasteiger partial charge in [0.1, 0.15) is 6.61 Å². The Labute approximate surface area is 281 Å². The number of likely N-dealkylation sites (N-methyl/N-ethyl adjacent to an activating group) is 1. The molecule has 0 aliphatic rings. The Bertz CT molecular complexity index is 818. The largest absolute Gasteiger partial charge is 0.477 e. The number of ether oxygens (including phenoxy) is 3. The maximum absolute atomic E-state index is 12.6. The number of hydrogen-bond acceptors (Lipinski definition) is 6. The van der Waals surface area contributed by atoms with Crippen LogP contribution in [0.15, 0.2) is 24.3 Å². The third kappa shape index (κ3) is 28.1. The van der Waals surface area contributed by atoms with Crippen LogP contribution in [0.25, 0.3) is 0 Å². The Morgan fingerprint density at radius 3 is 1.72 bits per heavy atom. The van der Waals surface area contributed by atoms with Crippen molar-refractivity contribution in [1.82, 2.24) is 0 Å². The van der Waals surface area contributed by atoms with E-state index in [4.69, 9.17) is 14.2 Å². The molecule has 0 radical (unpaired) electrons. The molecule has 0 bridgehead atoms. The summed E-state index contributed by atoms with van der Waals surface area (Å²) in [5.74, 6) is -1.49. The van der Waals surface area contributed by atoms with Crippen molar-refractivity contribution in [1.29, 1.82) is 0 Å². The third-order valence-electron chi connectivity index (χ3n) is 8.10. The number of carboxylic acids is 1. The molecule has 0 amide bonds. The first kappa shape index (κ1) is 43.8. The van der Waals surface area contributed by atoms with E-state index >= 15 is 0 Å². The maximum atomic E-state index is 12.6. The normalized spacial score (nSPS) is 13.3. The van der Waals surface area contributed by atoms with Gasteiger partial charge in [-0.1, -0.05) is 109 Å². The molecule has 0 spiro atoms. The average Bonchev–Trinajstić information content (AvgIpc) is 3.00. The molecule has 0 aromatic rings. The van der Waals surface area contributed by atoms with Gasteiger partial charge in [0.25, 0.3) is 0 Å². The van der Waals surface area contributed by atoms with Gasteiger partial charge in [-0.2, -0.15) is 0 Å². The van der Waals surface area contributed by atoms with Gasteiger partial charge in [-0.05, 0) is 44.9 Å². The molecule has 8 nitrogen and oxygen atoms in total. The Kier molecular flexibility index (Phi) is 28.7. The number of allylic oxidation sites excluding steroid dienone is 4. The monoisotopic (exact) mass is 653 g/mol. The number of unbranched alkanes of at least 4 members (excludes halogenated alkanes) is 14. The van der Waals surface area contributed by atoms with Gasteiger partial charge in [0.2, 0.25) is 0 Å². The molecule has 0 saturated heterocycles. The number of carbonyl (C=O) groups excluding carboxylic acids is 2. The lowest BCUT2D eigenvalue weighted by Gasteiger charge is -2.31. The number of carbonyl (C=O) groups is 3. The lowest BCUT2D eigenvalue weighted by atomic mass is 10.1. The van der Waals surface area contributed by atoms with Crippen LogP contribution in [-0.4, -0.2) is 80.6 Å². The number of quaternary nitrogens is 1. The molecule has 0 rings (SSSR count). The second-order valence-corrected chi connectivity index (χ2v) is 13.5. The van der Waals surface area contributed by atoms with E-state index in [0.29, 0.717) is 19.3 Å². The number of hydrogen-bond donors (Lipinski definition) is 1. The Hall–Kier alpha value is -2.19. The minimum absolute atomic E-state index is 0.0534. The summed E-state index contributed by atoms with van der Waals surface area (Å²) >= 11 is 0. The van der Waals surface area contributed by atoms with Crippen molar-refractivity contribution in [3.63, 3.8) is 0 Å². The molecule has 8 heteroatoms. The van der Waals surface area contributed by atoms with Gasteiger partial charge < -0.3 is 23.8 Å². The lowest BCUT2D eigenvalue weighted by Crippen LogP contribution is -2.50. The summed E-state index contributed by atoms with van der Waals surface area (Å²) in [5, 5.41) is 9.54. The second kappa shape index (κ2) is 30.2. The van der Waals surface area contributed by atoms with Gasteiger partial charge in [-0.15, -0.1) is 0 Å². The van der Waals surface area contributed by atoms with Crippen molar-refractivity contribution >= 4 is 17.9 Å². The maximum Gasteiger partial charge on any atom is 0.362 e. The van der Waals surface area contributed by atoms with E-state index in [9.17, 15) is 19.5 Å². The van der Waals surface area contributed by atoms with Crippen LogP contribution in [0, 0.1) is 0 Å². The van der Waals surface area contributed by atoms with Gasteiger partial charge >= 0.3 is 17.9 Å². The van der Waals surface area contributed by atoms with E-state index in [-0.39, 0.29) is 36.2 Å². The van der Waals surface area contributed by atoms with Crippen LogP contribution in [0.4, 0.5) is 0 Å². The molecule has 0 saturated carbocycles. The minimum Gasteiger partial charge on any atom is -0.477 e. The van der Waals surface area contributed by atoms with Crippen molar-refractivity contribution in [2.45, 2.75) is 161 Å². The Balaban J connectivity index is 4.31. The van der Waals surface area contributed by atoms with Crippen molar-refractivity contribution < 1.29 is 38.2 Å². The molecule has 0 aliphatic carbocycles. The zero-order valence-corrected chi connectivity index (χ0v) is 30.3. The predicted octanol–water partition coefficient (Wildman–Crippen LogP) is 8.96. The number of rotatable bonds is 32. The summed E-state index contributed by atoms with van der Waals surface area (Å²) in [6.45, 7) is 4.60. The SMILES string of the molecule is CCCCC/C=C\C/C=C\CCCCCCCCCC(=O)OC(COCCC(C(=O)O)[N+](C)(C)C)COC(=O)CCCCCCC. The molecular formula is C38H70NO7+. The van der Waals surface area contributed by atoms with Crippen LogP contribution < -0.4 is 0 Å². The topological polar surface area (TPSA) is 99.1 Å². The van der Waals surface area contributed by atoms with E-state index in [2.05, 4.69) is 38.2 Å². The molecule has 0 aromatic heterocycles. The summed E-state index contributed by atoms with van der Waals surface area (Å²) in [5.41, 5.74) is 0. The highest BCUT2D eigenvalue weighted by molar-refractivity contribution is 5.72. The van der Waals surface area contributed by atoms with Gasteiger partial charge in [-0.3, -0.25) is 9.59 Å². The standard InChI is InChI=1S/C38H69NO7/c1-6-8-10-12-13-14-15-16-17-18-19-20-21-22-23-25-27-29-37(41)46-34(33-45-36(40)28-26-24-11-9-7-2)32-44-31-30-35(38(42)43)39(3,4)5/h13-14,16-17,34-35H,6-12,15,18-33H2,1-5H3/p+1/b14-13-,17-16-. The molecule has 0 heterocycles. The fraction of sp³-hybridized carbons (Fsp3) is 0.816. The fourth-order valence-electron chi connectivity index (χ4n) is 5.18. The number of esters is 2. The van der Waals surface area contributed by atoms with E-state index in [0.717, 1.165) is 64.2 Å². The average molecular weight is 653 g/mol. The van der Waals surface area contributed by atoms with Crippen molar-refractivity contribution in [3.8, 4) is 0 Å². The minimum atomic E-state index is -0.879.